The summed E-state index contributed by atoms with van der Waals surface area (Å²) in [5.74, 6) is -3.04. The van der Waals surface area contributed by atoms with Crippen LogP contribution in [0.5, 0.6) is 0 Å². The van der Waals surface area contributed by atoms with Crippen molar-refractivity contribution in [3.05, 3.63) is 35.4 Å². The zero-order valence-corrected chi connectivity index (χ0v) is 33.6. The molecule has 1 aromatic rings. The highest BCUT2D eigenvalue weighted by Gasteiger charge is 2.35. The van der Waals surface area contributed by atoms with Crippen molar-refractivity contribution in [3.8, 4) is 0 Å². The van der Waals surface area contributed by atoms with Crippen LogP contribution >= 0.6 is 14.5 Å². The molecule has 0 atom stereocenters. The molecule has 0 aliphatic rings. The van der Waals surface area contributed by atoms with Crippen molar-refractivity contribution in [2.75, 3.05) is 49.3 Å². The first-order valence-corrected chi connectivity index (χ1v) is 24.4. The van der Waals surface area contributed by atoms with Crippen LogP contribution in [0.3, 0.4) is 0 Å². The molecule has 270 valence electrons. The van der Waals surface area contributed by atoms with Crippen molar-refractivity contribution in [1.29, 1.82) is 0 Å². The quantitative estimate of drug-likeness (QED) is 0.0911. The molecule has 0 N–H and O–H groups in total. The molecule has 46 heavy (non-hydrogen) atoms. The fraction of sp³-hybridized carbons (Fsp3) is 0.800. The number of unbranched alkanes of at least 4 members (excludes halogenated alkanes) is 8. The summed E-state index contributed by atoms with van der Waals surface area (Å²) in [5, 5.41) is 20.6. The van der Waals surface area contributed by atoms with Crippen LogP contribution in [-0.4, -0.2) is 61.2 Å². The van der Waals surface area contributed by atoms with Gasteiger partial charge in [-0.3, -0.25) is 0 Å². The molecular weight excluding hydrogens is 606 g/mol. The van der Waals surface area contributed by atoms with Crippen LogP contribution in [-0.2, 0) is 0 Å². The van der Waals surface area contributed by atoms with E-state index in [-0.39, 0.29) is 11.1 Å². The maximum atomic E-state index is 10.3. The summed E-state index contributed by atoms with van der Waals surface area (Å²) in [6.07, 6.45) is 35.9. The van der Waals surface area contributed by atoms with E-state index in [9.17, 15) is 19.8 Å². The molecule has 0 bridgehead atoms. The number of hydrogen-bond donors (Lipinski definition) is 0. The molecule has 1 rings (SSSR count). The average molecular weight is 683 g/mol. The van der Waals surface area contributed by atoms with Crippen LogP contribution in [0.25, 0.3) is 0 Å². The lowest BCUT2D eigenvalue weighted by Gasteiger charge is -2.28. The van der Waals surface area contributed by atoms with E-state index in [1.54, 1.807) is 49.3 Å². The molecule has 0 radical (unpaired) electrons. The van der Waals surface area contributed by atoms with E-state index >= 15 is 0 Å². The Morgan fingerprint density at radius 2 is 0.587 bits per heavy atom. The number of carbonyl (C=O) groups excluding carboxylic acids is 2. The number of hydrogen-bond acceptors (Lipinski definition) is 4. The molecule has 0 amide bonds. The molecule has 0 aliphatic carbocycles. The fourth-order valence-corrected chi connectivity index (χ4v) is 16.7. The second-order valence-corrected chi connectivity index (χ2v) is 22.4. The molecule has 1 aromatic carbocycles. The molecular formula is C40H76O4P2. The van der Waals surface area contributed by atoms with Gasteiger partial charge in [-0.05, 0) is 51.4 Å². The van der Waals surface area contributed by atoms with Gasteiger partial charge in [0.1, 0.15) is 0 Å². The first-order valence-electron chi connectivity index (χ1n) is 19.3. The number of aromatic carboxylic acids is 2. The van der Waals surface area contributed by atoms with Gasteiger partial charge >= 0.3 is 0 Å². The third-order valence-electron chi connectivity index (χ3n) is 9.25. The Balaban J connectivity index is 0. The van der Waals surface area contributed by atoms with Crippen molar-refractivity contribution in [1.82, 2.24) is 0 Å². The predicted octanol–water partition coefficient (Wildman–Crippen LogP) is 10.8. The SMILES string of the molecule is CCCC[P+](CCCC)(CCCC)CCCC.CCCC[P+](CCCC)(CCCC)CCCC.O=C([O-])c1ccccc1C(=O)[O-]. The Hall–Kier alpha value is -0.980. The van der Waals surface area contributed by atoms with Crippen LogP contribution in [0, 0.1) is 0 Å². The molecule has 6 heteroatoms. The lowest BCUT2D eigenvalue weighted by Crippen LogP contribution is -2.29. The van der Waals surface area contributed by atoms with Crippen LogP contribution in [0.1, 0.15) is 179 Å². The third-order valence-corrected chi connectivity index (χ3v) is 19.4. The first kappa shape index (κ1) is 47.1. The minimum atomic E-state index is -1.52. The minimum absolute atomic E-state index is 0.363. The second-order valence-electron chi connectivity index (χ2n) is 13.4. The first-order chi connectivity index (χ1) is 22.1. The number of rotatable bonds is 26. The number of benzene rings is 1. The molecule has 0 saturated heterocycles. The summed E-state index contributed by atoms with van der Waals surface area (Å²) in [6.45, 7) is 18.8. The normalized spacial score (nSPS) is 11.3. The zero-order valence-electron chi connectivity index (χ0n) is 31.8. The van der Waals surface area contributed by atoms with E-state index < -0.39 is 26.5 Å². The van der Waals surface area contributed by atoms with Crippen LogP contribution < -0.4 is 10.2 Å². The van der Waals surface area contributed by atoms with Gasteiger partial charge in [0.2, 0.25) is 0 Å². The van der Waals surface area contributed by atoms with Crippen molar-refractivity contribution in [2.45, 2.75) is 158 Å². The van der Waals surface area contributed by atoms with E-state index in [2.05, 4.69) is 55.4 Å². The molecule has 0 aliphatic heterocycles. The van der Waals surface area contributed by atoms with Crippen LogP contribution in [0.2, 0.25) is 0 Å². The van der Waals surface area contributed by atoms with Gasteiger partial charge in [-0.2, -0.15) is 0 Å². The van der Waals surface area contributed by atoms with E-state index in [1.807, 2.05) is 0 Å². The summed E-state index contributed by atoms with van der Waals surface area (Å²) < 4.78 is 0. The number of carboxylic acids is 2. The standard InChI is InChI=1S/2C16H36P.C8H6O4/c2*1-5-9-13-17(14-10-6-2,15-11-7-3)16-12-8-4;9-7(10)5-3-1-2-4-6(5)8(11)12/h2*5-16H2,1-4H3;1-4H,(H,9,10)(H,11,12)/q2*+1;/p-2. The summed E-state index contributed by atoms with van der Waals surface area (Å²) in [7, 11) is -1.12. The summed E-state index contributed by atoms with van der Waals surface area (Å²) in [6, 6.07) is 5.14. The zero-order chi connectivity index (χ0) is 35.1. The van der Waals surface area contributed by atoms with E-state index in [1.165, 1.54) is 115 Å². The van der Waals surface area contributed by atoms with Crippen molar-refractivity contribution < 1.29 is 19.8 Å². The van der Waals surface area contributed by atoms with Crippen molar-refractivity contribution in [2.24, 2.45) is 0 Å². The van der Waals surface area contributed by atoms with Gasteiger partial charge < -0.3 is 19.8 Å². The Morgan fingerprint density at radius 1 is 0.413 bits per heavy atom. The Labute approximate surface area is 288 Å². The highest BCUT2D eigenvalue weighted by Crippen LogP contribution is 2.62. The largest absolute Gasteiger partial charge is 0.545 e. The Bertz CT molecular complexity index is 713. The average Bonchev–Trinajstić information content (AvgIpc) is 3.07. The summed E-state index contributed by atoms with van der Waals surface area (Å²) in [4.78, 5) is 20.6. The van der Waals surface area contributed by atoms with Gasteiger partial charge in [0.05, 0.1) is 61.2 Å². The van der Waals surface area contributed by atoms with E-state index in [4.69, 9.17) is 0 Å². The van der Waals surface area contributed by atoms with E-state index in [0.717, 1.165) is 12.1 Å². The molecule has 0 saturated carbocycles. The van der Waals surface area contributed by atoms with Gasteiger partial charge in [0, 0.05) is 25.7 Å². The molecule has 0 spiro atoms. The van der Waals surface area contributed by atoms with Crippen LogP contribution in [0.4, 0.5) is 0 Å². The van der Waals surface area contributed by atoms with Gasteiger partial charge in [0.15, 0.2) is 0 Å². The van der Waals surface area contributed by atoms with Gasteiger partial charge in [-0.25, -0.2) is 0 Å². The van der Waals surface area contributed by atoms with Gasteiger partial charge in [-0.15, -0.1) is 0 Å². The molecule has 0 fully saturated rings. The lowest BCUT2D eigenvalue weighted by molar-refractivity contribution is -0.259. The molecule has 0 heterocycles. The highest BCUT2D eigenvalue weighted by atomic mass is 31.2. The topological polar surface area (TPSA) is 80.3 Å². The van der Waals surface area contributed by atoms with Gasteiger partial charge in [-0.1, -0.05) is 131 Å². The summed E-state index contributed by atoms with van der Waals surface area (Å²) in [5.41, 5.74) is -0.727. The van der Waals surface area contributed by atoms with Crippen LogP contribution in [0.15, 0.2) is 24.3 Å². The summed E-state index contributed by atoms with van der Waals surface area (Å²) >= 11 is 0. The van der Waals surface area contributed by atoms with Crippen molar-refractivity contribution >= 4 is 26.5 Å². The maximum Gasteiger partial charge on any atom is 0.0721 e. The number of carboxylic acid groups (broad SMARTS) is 2. The third kappa shape index (κ3) is 22.6. The molecule has 4 nitrogen and oxygen atoms in total. The number of carbonyl (C=O) groups is 2. The monoisotopic (exact) mass is 683 g/mol. The van der Waals surface area contributed by atoms with Gasteiger partial charge in [0.25, 0.3) is 0 Å². The molecule has 0 aromatic heterocycles. The molecule has 0 unspecified atom stereocenters. The maximum absolute atomic E-state index is 10.3. The Kier molecular flexibility index (Phi) is 32.1. The smallest absolute Gasteiger partial charge is 0.0721 e. The predicted molar refractivity (Wildman–Crippen MR) is 207 cm³/mol. The van der Waals surface area contributed by atoms with E-state index in [0.29, 0.717) is 0 Å². The lowest BCUT2D eigenvalue weighted by atomic mass is 10.1. The van der Waals surface area contributed by atoms with Crippen molar-refractivity contribution in [3.63, 3.8) is 0 Å². The highest BCUT2D eigenvalue weighted by molar-refractivity contribution is 7.76. The Morgan fingerprint density at radius 3 is 0.717 bits per heavy atom. The second kappa shape index (κ2) is 31.3. The minimum Gasteiger partial charge on any atom is -0.545 e. The fourth-order valence-electron chi connectivity index (χ4n) is 6.13.